The fourth-order valence-corrected chi connectivity index (χ4v) is 2.53. The lowest BCUT2D eigenvalue weighted by Crippen LogP contribution is -2.32. The highest BCUT2D eigenvalue weighted by Crippen LogP contribution is 2.29. The molecule has 1 aliphatic rings. The van der Waals surface area contributed by atoms with E-state index in [2.05, 4.69) is 24.0 Å². The predicted molar refractivity (Wildman–Crippen MR) is 82.1 cm³/mol. The zero-order valence-electron chi connectivity index (χ0n) is 12.4. The maximum absolute atomic E-state index is 12.4. The Bertz CT molecular complexity index is 414. The number of nitrogens with zero attached hydrogens (tertiary/aromatic N) is 1. The highest BCUT2D eigenvalue weighted by molar-refractivity contribution is 5.76. The monoisotopic (exact) mass is 274 g/mol. The quantitative estimate of drug-likeness (QED) is 0.792. The summed E-state index contributed by atoms with van der Waals surface area (Å²) in [6.07, 6.45) is 4.95. The molecule has 20 heavy (non-hydrogen) atoms. The third-order valence-electron chi connectivity index (χ3n) is 4.01. The molecule has 1 unspecified atom stereocenters. The molecule has 2 N–H and O–H groups in total. The standard InChI is InChI=1S/C17H26N2O/c1-14(11-12-18)7-10-17(20)19(16-8-9-16)13-15-5-3-2-4-6-15/h2-6,14,16H,7-13,18H2,1H3. The molecule has 0 aliphatic heterocycles. The van der Waals surface area contributed by atoms with Gasteiger partial charge in [-0.15, -0.1) is 0 Å². The van der Waals surface area contributed by atoms with Gasteiger partial charge < -0.3 is 10.6 Å². The molecule has 0 spiro atoms. The van der Waals surface area contributed by atoms with Crippen molar-refractivity contribution in [1.82, 2.24) is 4.90 Å². The normalized spacial score (nSPS) is 15.9. The van der Waals surface area contributed by atoms with E-state index in [1.807, 2.05) is 18.2 Å². The van der Waals surface area contributed by atoms with Gasteiger partial charge >= 0.3 is 0 Å². The summed E-state index contributed by atoms with van der Waals surface area (Å²) in [7, 11) is 0. The van der Waals surface area contributed by atoms with Crippen molar-refractivity contribution < 1.29 is 4.79 Å². The first kappa shape index (κ1) is 15.0. The zero-order valence-corrected chi connectivity index (χ0v) is 12.4. The van der Waals surface area contributed by atoms with E-state index in [-0.39, 0.29) is 0 Å². The minimum atomic E-state index is 0.306. The lowest BCUT2D eigenvalue weighted by atomic mass is 10.0. The fraction of sp³-hybridized carbons (Fsp3) is 0.588. The molecule has 0 heterocycles. The number of hydrogen-bond donors (Lipinski definition) is 1. The molecule has 1 aliphatic carbocycles. The van der Waals surface area contributed by atoms with E-state index in [1.54, 1.807) is 0 Å². The molecule has 1 atom stereocenters. The van der Waals surface area contributed by atoms with E-state index in [9.17, 15) is 4.79 Å². The average molecular weight is 274 g/mol. The van der Waals surface area contributed by atoms with Crippen LogP contribution in [0.5, 0.6) is 0 Å². The molecule has 1 aromatic carbocycles. The summed E-state index contributed by atoms with van der Waals surface area (Å²) in [5.41, 5.74) is 6.79. The number of benzene rings is 1. The summed E-state index contributed by atoms with van der Waals surface area (Å²) in [5, 5.41) is 0. The van der Waals surface area contributed by atoms with Gasteiger partial charge in [-0.05, 0) is 43.7 Å². The highest BCUT2D eigenvalue weighted by Gasteiger charge is 2.32. The summed E-state index contributed by atoms with van der Waals surface area (Å²) >= 11 is 0. The fourth-order valence-electron chi connectivity index (χ4n) is 2.53. The van der Waals surface area contributed by atoms with Gasteiger partial charge in [0.1, 0.15) is 0 Å². The molecule has 1 amide bonds. The maximum atomic E-state index is 12.4. The molecule has 0 saturated heterocycles. The van der Waals surface area contributed by atoms with Crippen LogP contribution in [0.2, 0.25) is 0 Å². The second-order valence-corrected chi connectivity index (χ2v) is 5.96. The summed E-state index contributed by atoms with van der Waals surface area (Å²) < 4.78 is 0. The van der Waals surface area contributed by atoms with Crippen molar-refractivity contribution >= 4 is 5.91 Å². The molecule has 1 saturated carbocycles. The minimum Gasteiger partial charge on any atom is -0.335 e. The highest BCUT2D eigenvalue weighted by atomic mass is 16.2. The van der Waals surface area contributed by atoms with Crippen LogP contribution in [-0.4, -0.2) is 23.4 Å². The largest absolute Gasteiger partial charge is 0.335 e. The Balaban J connectivity index is 1.86. The summed E-state index contributed by atoms with van der Waals surface area (Å²) in [5.74, 6) is 0.849. The first-order valence-electron chi connectivity index (χ1n) is 7.74. The number of nitrogens with two attached hydrogens (primary N) is 1. The van der Waals surface area contributed by atoms with E-state index >= 15 is 0 Å². The predicted octanol–water partition coefficient (Wildman–Crippen LogP) is 2.94. The molecule has 2 rings (SSSR count). The molecular formula is C17H26N2O. The van der Waals surface area contributed by atoms with E-state index in [0.717, 1.165) is 32.2 Å². The van der Waals surface area contributed by atoms with Crippen molar-refractivity contribution in [1.29, 1.82) is 0 Å². The molecule has 0 radical (unpaired) electrons. The van der Waals surface area contributed by atoms with Crippen LogP contribution in [0.3, 0.4) is 0 Å². The van der Waals surface area contributed by atoms with E-state index < -0.39 is 0 Å². The van der Waals surface area contributed by atoms with Crippen LogP contribution in [0.4, 0.5) is 0 Å². The van der Waals surface area contributed by atoms with Crippen LogP contribution in [0.25, 0.3) is 0 Å². The zero-order chi connectivity index (χ0) is 14.4. The number of carbonyl (C=O) groups is 1. The van der Waals surface area contributed by atoms with Crippen molar-refractivity contribution in [2.75, 3.05) is 6.54 Å². The smallest absolute Gasteiger partial charge is 0.223 e. The van der Waals surface area contributed by atoms with Crippen molar-refractivity contribution in [2.24, 2.45) is 11.7 Å². The van der Waals surface area contributed by atoms with E-state index in [4.69, 9.17) is 5.73 Å². The van der Waals surface area contributed by atoms with Gasteiger partial charge in [-0.2, -0.15) is 0 Å². The molecule has 1 fully saturated rings. The molecular weight excluding hydrogens is 248 g/mol. The SMILES string of the molecule is CC(CCN)CCC(=O)N(Cc1ccccc1)C1CC1. The lowest BCUT2D eigenvalue weighted by molar-refractivity contribution is -0.132. The Morgan fingerprint density at radius 1 is 1.30 bits per heavy atom. The molecule has 3 heteroatoms. The molecule has 0 bridgehead atoms. The Morgan fingerprint density at radius 3 is 2.60 bits per heavy atom. The Morgan fingerprint density at radius 2 is 2.00 bits per heavy atom. The van der Waals surface area contributed by atoms with Crippen molar-refractivity contribution in [3.63, 3.8) is 0 Å². The van der Waals surface area contributed by atoms with Gasteiger partial charge in [0, 0.05) is 19.0 Å². The van der Waals surface area contributed by atoms with E-state index in [1.165, 1.54) is 5.56 Å². The van der Waals surface area contributed by atoms with Gasteiger partial charge in [0.15, 0.2) is 0 Å². The molecule has 1 aromatic rings. The molecule has 0 aromatic heterocycles. The van der Waals surface area contributed by atoms with Gasteiger partial charge in [0.25, 0.3) is 0 Å². The van der Waals surface area contributed by atoms with Crippen molar-refractivity contribution in [3.8, 4) is 0 Å². The average Bonchev–Trinajstić information content (AvgIpc) is 3.28. The van der Waals surface area contributed by atoms with Gasteiger partial charge in [-0.3, -0.25) is 4.79 Å². The van der Waals surface area contributed by atoms with Crippen LogP contribution in [0.1, 0.15) is 44.6 Å². The van der Waals surface area contributed by atoms with Gasteiger partial charge in [0.2, 0.25) is 5.91 Å². The van der Waals surface area contributed by atoms with Crippen molar-refractivity contribution in [3.05, 3.63) is 35.9 Å². The minimum absolute atomic E-state index is 0.306. The Labute approximate surface area is 122 Å². The second kappa shape index (κ2) is 7.44. The summed E-state index contributed by atoms with van der Waals surface area (Å²) in [6.45, 7) is 3.65. The first-order chi connectivity index (χ1) is 9.70. The van der Waals surface area contributed by atoms with Gasteiger partial charge in [-0.25, -0.2) is 0 Å². The number of amides is 1. The van der Waals surface area contributed by atoms with Gasteiger partial charge in [0.05, 0.1) is 0 Å². The topological polar surface area (TPSA) is 46.3 Å². The number of carbonyl (C=O) groups excluding carboxylic acids is 1. The molecule has 110 valence electrons. The second-order valence-electron chi connectivity index (χ2n) is 5.96. The van der Waals surface area contributed by atoms with Crippen LogP contribution >= 0.6 is 0 Å². The van der Waals surface area contributed by atoms with Gasteiger partial charge in [-0.1, -0.05) is 37.3 Å². The number of hydrogen-bond acceptors (Lipinski definition) is 2. The lowest BCUT2D eigenvalue weighted by Gasteiger charge is -2.23. The summed E-state index contributed by atoms with van der Waals surface area (Å²) in [6, 6.07) is 10.8. The first-order valence-corrected chi connectivity index (χ1v) is 7.74. The third kappa shape index (κ3) is 4.64. The third-order valence-corrected chi connectivity index (χ3v) is 4.01. The van der Waals surface area contributed by atoms with E-state index in [0.29, 0.717) is 30.8 Å². The number of rotatable bonds is 8. The summed E-state index contributed by atoms with van der Waals surface area (Å²) in [4.78, 5) is 14.5. The van der Waals surface area contributed by atoms with Crippen molar-refractivity contribution in [2.45, 2.75) is 51.6 Å². The van der Waals surface area contributed by atoms with Crippen LogP contribution in [-0.2, 0) is 11.3 Å². The maximum Gasteiger partial charge on any atom is 0.223 e. The Kier molecular flexibility index (Phi) is 5.60. The van der Waals surface area contributed by atoms with Crippen LogP contribution in [0.15, 0.2) is 30.3 Å². The molecule has 3 nitrogen and oxygen atoms in total. The Hall–Kier alpha value is -1.35. The van der Waals surface area contributed by atoms with Crippen LogP contribution < -0.4 is 5.73 Å². The van der Waals surface area contributed by atoms with Crippen LogP contribution in [0, 0.1) is 5.92 Å².